The molecule has 0 aliphatic heterocycles. The van der Waals surface area contributed by atoms with Gasteiger partial charge < -0.3 is 4.84 Å². The van der Waals surface area contributed by atoms with Crippen molar-refractivity contribution in [1.82, 2.24) is 0 Å². The first-order valence-electron chi connectivity index (χ1n) is 3.61. The number of nitrogens with two attached hydrogens (primary N) is 1. The van der Waals surface area contributed by atoms with E-state index in [9.17, 15) is 8.78 Å². The lowest BCUT2D eigenvalue weighted by Gasteiger charge is -2.04. The van der Waals surface area contributed by atoms with E-state index < -0.39 is 11.6 Å². The summed E-state index contributed by atoms with van der Waals surface area (Å²) in [5, 5.41) is -0.211. The molecule has 0 fully saturated rings. The van der Waals surface area contributed by atoms with E-state index in [1.807, 2.05) is 0 Å². The lowest BCUT2D eigenvalue weighted by molar-refractivity contribution is 0.141. The predicted octanol–water partition coefficient (Wildman–Crippen LogP) is 2.05. The summed E-state index contributed by atoms with van der Waals surface area (Å²) < 4.78 is 25.4. The molecule has 1 aromatic rings. The number of rotatable bonds is 3. The Kier molecular flexibility index (Phi) is 3.59. The molecule has 0 saturated heterocycles. The Labute approximate surface area is 79.2 Å². The molecule has 72 valence electrons. The molecule has 0 unspecified atom stereocenters. The fourth-order valence-corrected chi connectivity index (χ4v) is 1.18. The van der Waals surface area contributed by atoms with Crippen LogP contribution in [0.3, 0.4) is 0 Å². The zero-order valence-electron chi connectivity index (χ0n) is 6.69. The number of halogens is 3. The van der Waals surface area contributed by atoms with E-state index in [1.165, 1.54) is 6.07 Å². The second kappa shape index (κ2) is 4.50. The fraction of sp³-hybridized carbons (Fsp3) is 0.250. The highest BCUT2D eigenvalue weighted by molar-refractivity contribution is 6.31. The van der Waals surface area contributed by atoms with Gasteiger partial charge in [-0.3, -0.25) is 0 Å². The van der Waals surface area contributed by atoms with E-state index in [0.29, 0.717) is 12.0 Å². The monoisotopic (exact) mass is 207 g/mol. The van der Waals surface area contributed by atoms with Gasteiger partial charge in [-0.25, -0.2) is 14.7 Å². The first kappa shape index (κ1) is 10.4. The van der Waals surface area contributed by atoms with E-state index in [4.69, 9.17) is 17.5 Å². The minimum atomic E-state index is -1.03. The molecule has 0 aromatic heterocycles. The summed E-state index contributed by atoms with van der Waals surface area (Å²) in [6.07, 6.45) is 0.354. The van der Waals surface area contributed by atoms with Crippen LogP contribution in [0.2, 0.25) is 5.02 Å². The Hall–Kier alpha value is -0.710. The maximum atomic E-state index is 12.8. The quantitative estimate of drug-likeness (QED) is 0.608. The number of hydrogen-bond acceptors (Lipinski definition) is 2. The van der Waals surface area contributed by atoms with Gasteiger partial charge in [0.1, 0.15) is 0 Å². The van der Waals surface area contributed by atoms with Crippen molar-refractivity contribution in [3.8, 4) is 0 Å². The molecule has 0 heterocycles. The summed E-state index contributed by atoms with van der Waals surface area (Å²) >= 11 is 5.52. The summed E-state index contributed by atoms with van der Waals surface area (Å²) in [6, 6.07) is 2.42. The van der Waals surface area contributed by atoms with Gasteiger partial charge in [-0.1, -0.05) is 17.7 Å². The topological polar surface area (TPSA) is 35.2 Å². The van der Waals surface area contributed by atoms with Gasteiger partial charge in [-0.2, -0.15) is 0 Å². The summed E-state index contributed by atoms with van der Waals surface area (Å²) in [7, 11) is 0. The Morgan fingerprint density at radius 1 is 1.38 bits per heavy atom. The van der Waals surface area contributed by atoms with Crippen LogP contribution in [0.5, 0.6) is 0 Å². The normalized spacial score (nSPS) is 10.5. The van der Waals surface area contributed by atoms with Crippen LogP contribution in [0.1, 0.15) is 5.56 Å². The maximum absolute atomic E-state index is 12.8. The third-order valence-electron chi connectivity index (χ3n) is 1.60. The van der Waals surface area contributed by atoms with Crippen LogP contribution in [-0.4, -0.2) is 6.61 Å². The number of hydrogen-bond donors (Lipinski definition) is 1. The smallest absolute Gasteiger partial charge is 0.177 e. The van der Waals surface area contributed by atoms with Crippen LogP contribution in [0, 0.1) is 11.6 Å². The van der Waals surface area contributed by atoms with E-state index in [0.717, 1.165) is 6.07 Å². The molecular formula is C8H8ClF2NO. The highest BCUT2D eigenvalue weighted by Crippen LogP contribution is 2.22. The second-order valence-electron chi connectivity index (χ2n) is 2.46. The van der Waals surface area contributed by atoms with Crippen molar-refractivity contribution < 1.29 is 13.6 Å². The second-order valence-corrected chi connectivity index (χ2v) is 2.83. The fourth-order valence-electron chi connectivity index (χ4n) is 0.928. The van der Waals surface area contributed by atoms with E-state index in [1.54, 1.807) is 0 Å². The van der Waals surface area contributed by atoms with Gasteiger partial charge >= 0.3 is 0 Å². The average molecular weight is 208 g/mol. The zero-order valence-corrected chi connectivity index (χ0v) is 7.44. The molecule has 0 spiro atoms. The van der Waals surface area contributed by atoms with Crippen LogP contribution in [0.25, 0.3) is 0 Å². The van der Waals surface area contributed by atoms with Crippen molar-refractivity contribution in [3.05, 3.63) is 34.4 Å². The molecule has 0 aliphatic rings. The summed E-state index contributed by atoms with van der Waals surface area (Å²) in [6.45, 7) is 0.213. The van der Waals surface area contributed by atoms with Gasteiger partial charge in [0.15, 0.2) is 11.6 Å². The molecule has 1 aromatic carbocycles. The van der Waals surface area contributed by atoms with Crippen LogP contribution in [0.15, 0.2) is 12.1 Å². The van der Waals surface area contributed by atoms with E-state index in [2.05, 4.69) is 4.84 Å². The predicted molar refractivity (Wildman–Crippen MR) is 45.2 cm³/mol. The van der Waals surface area contributed by atoms with Crippen molar-refractivity contribution in [1.29, 1.82) is 0 Å². The zero-order chi connectivity index (χ0) is 9.84. The average Bonchev–Trinajstić information content (AvgIpc) is 2.13. The highest BCUT2D eigenvalue weighted by atomic mass is 35.5. The summed E-state index contributed by atoms with van der Waals surface area (Å²) in [5.74, 6) is 2.80. The Morgan fingerprint density at radius 2 is 2.08 bits per heavy atom. The van der Waals surface area contributed by atoms with E-state index in [-0.39, 0.29) is 11.6 Å². The third kappa shape index (κ3) is 2.37. The van der Waals surface area contributed by atoms with Gasteiger partial charge in [0.25, 0.3) is 0 Å². The highest BCUT2D eigenvalue weighted by Gasteiger charge is 2.10. The molecule has 0 atom stereocenters. The molecule has 0 aliphatic carbocycles. The number of benzene rings is 1. The molecule has 0 saturated carbocycles. The molecule has 2 N–H and O–H groups in total. The molecule has 2 nitrogen and oxygen atoms in total. The lowest BCUT2D eigenvalue weighted by atomic mass is 10.1. The molecule has 0 radical (unpaired) electrons. The van der Waals surface area contributed by atoms with Crippen LogP contribution < -0.4 is 5.90 Å². The van der Waals surface area contributed by atoms with Gasteiger partial charge in [-0.15, -0.1) is 0 Å². The van der Waals surface area contributed by atoms with Crippen LogP contribution >= 0.6 is 11.6 Å². The molecule has 0 bridgehead atoms. The van der Waals surface area contributed by atoms with Gasteiger partial charge in [0, 0.05) is 0 Å². The molecule has 1 rings (SSSR count). The van der Waals surface area contributed by atoms with Crippen molar-refractivity contribution in [2.75, 3.05) is 6.61 Å². The van der Waals surface area contributed by atoms with Crippen molar-refractivity contribution in [2.24, 2.45) is 5.90 Å². The van der Waals surface area contributed by atoms with Crippen LogP contribution in [0.4, 0.5) is 8.78 Å². The maximum Gasteiger partial charge on any atom is 0.177 e. The summed E-state index contributed by atoms with van der Waals surface area (Å²) in [4.78, 5) is 4.30. The molecular weight excluding hydrogens is 200 g/mol. The lowest BCUT2D eigenvalue weighted by Crippen LogP contribution is -2.04. The first-order valence-corrected chi connectivity index (χ1v) is 3.98. The SMILES string of the molecule is NOCCc1ccc(F)c(F)c1Cl. The Balaban J connectivity index is 2.90. The minimum Gasteiger partial charge on any atom is -0.304 e. The van der Waals surface area contributed by atoms with Crippen molar-refractivity contribution in [3.63, 3.8) is 0 Å². The molecule has 13 heavy (non-hydrogen) atoms. The molecule has 0 amide bonds. The third-order valence-corrected chi connectivity index (χ3v) is 2.01. The van der Waals surface area contributed by atoms with Crippen molar-refractivity contribution >= 4 is 11.6 Å². The standard InChI is InChI=1S/C8H8ClF2NO/c9-7-5(3-4-13-12)1-2-6(10)8(7)11/h1-2H,3-4,12H2. The van der Waals surface area contributed by atoms with Gasteiger partial charge in [0.05, 0.1) is 11.6 Å². The Bertz CT molecular complexity index is 306. The van der Waals surface area contributed by atoms with E-state index >= 15 is 0 Å². The van der Waals surface area contributed by atoms with Crippen LogP contribution in [-0.2, 0) is 11.3 Å². The molecule has 5 heteroatoms. The first-order chi connectivity index (χ1) is 6.16. The largest absolute Gasteiger partial charge is 0.304 e. The van der Waals surface area contributed by atoms with Crippen molar-refractivity contribution in [2.45, 2.75) is 6.42 Å². The summed E-state index contributed by atoms with van der Waals surface area (Å²) in [5.41, 5.74) is 0.478. The Morgan fingerprint density at radius 3 is 2.69 bits per heavy atom. The minimum absolute atomic E-state index is 0.211. The van der Waals surface area contributed by atoms with Gasteiger partial charge in [-0.05, 0) is 18.1 Å². The van der Waals surface area contributed by atoms with Gasteiger partial charge in [0.2, 0.25) is 0 Å².